The molecule has 0 radical (unpaired) electrons. The molecule has 4 aromatic carbocycles. The Kier molecular flexibility index (Phi) is 6.14. The lowest BCUT2D eigenvalue weighted by atomic mass is 9.97. The van der Waals surface area contributed by atoms with Gasteiger partial charge in [-0.3, -0.25) is 0 Å². The molecule has 0 heterocycles. The quantitative estimate of drug-likeness (QED) is 0.300. The molecule has 4 aromatic rings. The van der Waals surface area contributed by atoms with E-state index in [1.54, 1.807) is 60.7 Å². The van der Waals surface area contributed by atoms with E-state index in [1.165, 1.54) is 24.3 Å². The standard InChI is InChI=1S/C26H18F4O/c27-21-15-7-13-19(23(21)29)25(17-9-3-1-4-10-17)31-26(18-11-5-2-6-12-18)20-14-8-16-22(28)24(20)30/h1-16,25-26H. The van der Waals surface area contributed by atoms with Crippen LogP contribution in [0.1, 0.15) is 34.5 Å². The van der Waals surface area contributed by atoms with Crippen LogP contribution in [0.5, 0.6) is 0 Å². The summed E-state index contributed by atoms with van der Waals surface area (Å²) in [7, 11) is 0. The van der Waals surface area contributed by atoms with Crippen molar-refractivity contribution >= 4 is 0 Å². The number of ether oxygens (including phenoxy) is 1. The van der Waals surface area contributed by atoms with Crippen LogP contribution in [0, 0.1) is 23.3 Å². The zero-order valence-corrected chi connectivity index (χ0v) is 16.3. The van der Waals surface area contributed by atoms with E-state index < -0.39 is 35.5 Å². The Labute approximate surface area is 177 Å². The van der Waals surface area contributed by atoms with Crippen LogP contribution in [0.25, 0.3) is 0 Å². The third-order valence-electron chi connectivity index (χ3n) is 5.00. The molecule has 0 aromatic heterocycles. The van der Waals surface area contributed by atoms with Crippen LogP contribution in [0.4, 0.5) is 17.6 Å². The topological polar surface area (TPSA) is 9.23 Å². The monoisotopic (exact) mass is 422 g/mol. The van der Waals surface area contributed by atoms with Gasteiger partial charge in [0, 0.05) is 11.1 Å². The average molecular weight is 422 g/mol. The van der Waals surface area contributed by atoms with E-state index in [9.17, 15) is 17.6 Å². The second kappa shape index (κ2) is 9.14. The van der Waals surface area contributed by atoms with Gasteiger partial charge in [0.2, 0.25) is 0 Å². The van der Waals surface area contributed by atoms with Gasteiger partial charge in [-0.05, 0) is 23.3 Å². The van der Waals surface area contributed by atoms with Crippen molar-refractivity contribution in [2.75, 3.05) is 0 Å². The molecule has 5 heteroatoms. The minimum Gasteiger partial charge on any atom is -0.356 e. The largest absolute Gasteiger partial charge is 0.356 e. The fourth-order valence-corrected chi connectivity index (χ4v) is 3.50. The van der Waals surface area contributed by atoms with Gasteiger partial charge in [0.05, 0.1) is 0 Å². The molecule has 2 unspecified atom stereocenters. The van der Waals surface area contributed by atoms with Crippen LogP contribution in [0.15, 0.2) is 97.1 Å². The molecule has 0 amide bonds. The Balaban J connectivity index is 1.87. The van der Waals surface area contributed by atoms with E-state index in [0.717, 1.165) is 12.1 Å². The third-order valence-corrected chi connectivity index (χ3v) is 5.00. The number of halogens is 4. The van der Waals surface area contributed by atoms with Gasteiger partial charge in [0.25, 0.3) is 0 Å². The van der Waals surface area contributed by atoms with Crippen LogP contribution in [-0.4, -0.2) is 0 Å². The Bertz CT molecular complexity index is 1070. The summed E-state index contributed by atoms with van der Waals surface area (Å²) in [6.07, 6.45) is -2.13. The molecule has 1 nitrogen and oxygen atoms in total. The third kappa shape index (κ3) is 4.37. The first-order chi connectivity index (χ1) is 15.1. The highest BCUT2D eigenvalue weighted by Crippen LogP contribution is 2.38. The molecule has 4 rings (SSSR count). The summed E-state index contributed by atoms with van der Waals surface area (Å²) in [4.78, 5) is 0. The van der Waals surface area contributed by atoms with Gasteiger partial charge in [0.15, 0.2) is 23.3 Å². The summed E-state index contributed by atoms with van der Waals surface area (Å²) in [5.41, 5.74) is 1.02. The van der Waals surface area contributed by atoms with Crippen LogP contribution >= 0.6 is 0 Å². The zero-order valence-electron chi connectivity index (χ0n) is 16.3. The molecule has 0 aliphatic rings. The van der Waals surface area contributed by atoms with E-state index >= 15 is 0 Å². The molecule has 2 atom stereocenters. The predicted molar refractivity (Wildman–Crippen MR) is 110 cm³/mol. The molecule has 0 spiro atoms. The van der Waals surface area contributed by atoms with Crippen molar-refractivity contribution in [3.63, 3.8) is 0 Å². The summed E-state index contributed by atoms with van der Waals surface area (Å²) < 4.78 is 63.8. The Morgan fingerprint density at radius 1 is 0.452 bits per heavy atom. The second-order valence-corrected chi connectivity index (χ2v) is 7.00. The van der Waals surface area contributed by atoms with E-state index in [4.69, 9.17) is 4.74 Å². The van der Waals surface area contributed by atoms with Crippen molar-refractivity contribution in [2.45, 2.75) is 12.2 Å². The first kappa shape index (κ1) is 20.8. The highest BCUT2D eigenvalue weighted by molar-refractivity contribution is 5.35. The maximum absolute atomic E-state index is 14.7. The molecule has 0 saturated heterocycles. The highest BCUT2D eigenvalue weighted by atomic mass is 19.2. The Morgan fingerprint density at radius 3 is 1.23 bits per heavy atom. The highest BCUT2D eigenvalue weighted by Gasteiger charge is 2.28. The summed E-state index contributed by atoms with van der Waals surface area (Å²) >= 11 is 0. The van der Waals surface area contributed by atoms with Gasteiger partial charge < -0.3 is 4.74 Å². The molecule has 0 aliphatic heterocycles. The fraction of sp³-hybridized carbons (Fsp3) is 0.0769. The maximum Gasteiger partial charge on any atom is 0.164 e. The van der Waals surface area contributed by atoms with Gasteiger partial charge in [-0.2, -0.15) is 0 Å². The number of hydrogen-bond acceptors (Lipinski definition) is 1. The van der Waals surface area contributed by atoms with Gasteiger partial charge in [-0.15, -0.1) is 0 Å². The van der Waals surface area contributed by atoms with Crippen LogP contribution in [-0.2, 0) is 4.74 Å². The summed E-state index contributed by atoms with van der Waals surface area (Å²) in [5, 5.41) is 0. The molecule has 0 saturated carbocycles. The zero-order chi connectivity index (χ0) is 21.8. The molecular weight excluding hydrogens is 404 g/mol. The van der Waals surface area contributed by atoms with Crippen molar-refractivity contribution in [3.8, 4) is 0 Å². The van der Waals surface area contributed by atoms with Crippen molar-refractivity contribution in [3.05, 3.63) is 143 Å². The van der Waals surface area contributed by atoms with Crippen LogP contribution in [0.3, 0.4) is 0 Å². The lowest BCUT2D eigenvalue weighted by Crippen LogP contribution is -2.16. The van der Waals surface area contributed by atoms with E-state index in [0.29, 0.717) is 11.1 Å². The Morgan fingerprint density at radius 2 is 0.839 bits per heavy atom. The molecule has 0 fully saturated rings. The molecule has 0 bridgehead atoms. The molecule has 0 N–H and O–H groups in total. The molecular formula is C26H18F4O. The van der Waals surface area contributed by atoms with Crippen LogP contribution in [0.2, 0.25) is 0 Å². The lowest BCUT2D eigenvalue weighted by molar-refractivity contribution is 0.0263. The molecule has 31 heavy (non-hydrogen) atoms. The number of rotatable bonds is 6. The first-order valence-corrected chi connectivity index (χ1v) is 9.69. The summed E-state index contributed by atoms with van der Waals surface area (Å²) in [6.45, 7) is 0. The molecule has 0 aliphatic carbocycles. The van der Waals surface area contributed by atoms with Gasteiger partial charge in [-0.25, -0.2) is 17.6 Å². The van der Waals surface area contributed by atoms with E-state index in [-0.39, 0.29) is 11.1 Å². The summed E-state index contributed by atoms with van der Waals surface area (Å²) in [6, 6.07) is 25.0. The van der Waals surface area contributed by atoms with Crippen molar-refractivity contribution in [2.24, 2.45) is 0 Å². The van der Waals surface area contributed by atoms with Crippen molar-refractivity contribution in [1.29, 1.82) is 0 Å². The van der Waals surface area contributed by atoms with Gasteiger partial charge in [-0.1, -0.05) is 84.9 Å². The minimum absolute atomic E-state index is 0.0380. The normalized spacial score (nSPS) is 13.0. The Hall–Kier alpha value is -3.44. The van der Waals surface area contributed by atoms with Gasteiger partial charge in [0.1, 0.15) is 12.2 Å². The van der Waals surface area contributed by atoms with E-state index in [2.05, 4.69) is 0 Å². The van der Waals surface area contributed by atoms with E-state index in [1.807, 2.05) is 0 Å². The van der Waals surface area contributed by atoms with Crippen molar-refractivity contribution in [1.82, 2.24) is 0 Å². The number of hydrogen-bond donors (Lipinski definition) is 0. The lowest BCUT2D eigenvalue weighted by Gasteiger charge is -2.27. The SMILES string of the molecule is Fc1cccc(C(OC(c2ccccc2)c2cccc(F)c2F)c2ccccc2)c1F. The fourth-order valence-electron chi connectivity index (χ4n) is 3.50. The maximum atomic E-state index is 14.7. The molecule has 156 valence electrons. The minimum atomic E-state index is -1.07. The van der Waals surface area contributed by atoms with Gasteiger partial charge >= 0.3 is 0 Å². The smallest absolute Gasteiger partial charge is 0.164 e. The van der Waals surface area contributed by atoms with Crippen molar-refractivity contribution < 1.29 is 22.3 Å². The summed E-state index contributed by atoms with van der Waals surface area (Å²) in [5.74, 6) is -4.14. The average Bonchev–Trinajstić information content (AvgIpc) is 2.80. The first-order valence-electron chi connectivity index (χ1n) is 9.69. The number of benzene rings is 4. The van der Waals surface area contributed by atoms with Crippen LogP contribution < -0.4 is 0 Å². The predicted octanol–water partition coefficient (Wildman–Crippen LogP) is 7.14. The second-order valence-electron chi connectivity index (χ2n) is 7.00.